The van der Waals surface area contributed by atoms with Crippen molar-refractivity contribution in [1.29, 1.82) is 0 Å². The summed E-state index contributed by atoms with van der Waals surface area (Å²) in [5.74, 6) is -0.208. The van der Waals surface area contributed by atoms with E-state index in [9.17, 15) is 9.90 Å². The zero-order valence-electron chi connectivity index (χ0n) is 13.0. The molecule has 0 saturated carbocycles. The first-order valence-electron chi connectivity index (χ1n) is 7.57. The molecule has 0 aliphatic heterocycles. The maximum atomic E-state index is 12.6. The zero-order valence-corrected chi connectivity index (χ0v) is 15.5. The maximum Gasteiger partial charge on any atom is 0.251 e. The quantitative estimate of drug-likeness (QED) is 0.543. The Morgan fingerprint density at radius 1 is 1.20 bits per heavy atom. The second-order valence-corrected chi connectivity index (χ2v) is 8.18. The van der Waals surface area contributed by atoms with Crippen LogP contribution in [-0.2, 0) is 5.60 Å². The third-order valence-electron chi connectivity index (χ3n) is 4.03. The van der Waals surface area contributed by atoms with Gasteiger partial charge in [0.25, 0.3) is 5.91 Å². The van der Waals surface area contributed by atoms with Gasteiger partial charge in [0.05, 0.1) is 22.3 Å². The van der Waals surface area contributed by atoms with Crippen LogP contribution in [0.15, 0.2) is 58.0 Å². The number of hydrogen-bond donors (Lipinski definition) is 2. The van der Waals surface area contributed by atoms with E-state index in [0.717, 1.165) is 20.7 Å². The van der Waals surface area contributed by atoms with E-state index < -0.39 is 5.60 Å². The van der Waals surface area contributed by atoms with E-state index in [0.29, 0.717) is 5.56 Å². The van der Waals surface area contributed by atoms with Gasteiger partial charge in [-0.15, -0.1) is 22.7 Å². The van der Waals surface area contributed by atoms with Gasteiger partial charge in [-0.2, -0.15) is 11.3 Å². The number of hydrogen-bond acceptors (Lipinski definition) is 6. The summed E-state index contributed by atoms with van der Waals surface area (Å²) < 4.78 is 0.971. The SMILES string of the molecule is O=C(NCC(O)(c1ccsc1)c1cccs1)c1ccc2ncsc2c1. The Hall–Kier alpha value is -2.06. The van der Waals surface area contributed by atoms with Gasteiger partial charge in [-0.3, -0.25) is 4.79 Å². The van der Waals surface area contributed by atoms with Gasteiger partial charge in [-0.1, -0.05) is 6.07 Å². The molecule has 3 heterocycles. The third-order valence-corrected chi connectivity index (χ3v) is 6.52. The van der Waals surface area contributed by atoms with Crippen LogP contribution in [0.1, 0.15) is 20.8 Å². The predicted molar refractivity (Wildman–Crippen MR) is 104 cm³/mol. The molecule has 0 radical (unpaired) electrons. The van der Waals surface area contributed by atoms with Crippen LogP contribution < -0.4 is 5.32 Å². The minimum Gasteiger partial charge on any atom is -0.378 e. The molecular weight excluding hydrogens is 372 g/mol. The van der Waals surface area contributed by atoms with Crippen LogP contribution in [0.4, 0.5) is 0 Å². The Labute approximate surface area is 156 Å². The second kappa shape index (κ2) is 6.68. The minimum absolute atomic E-state index is 0.115. The highest BCUT2D eigenvalue weighted by molar-refractivity contribution is 7.16. The van der Waals surface area contributed by atoms with Crippen molar-refractivity contribution in [1.82, 2.24) is 10.3 Å². The molecule has 0 bridgehead atoms. The van der Waals surface area contributed by atoms with Crippen molar-refractivity contribution in [2.24, 2.45) is 0 Å². The Bertz CT molecular complexity index is 956. The smallest absolute Gasteiger partial charge is 0.251 e. The van der Waals surface area contributed by atoms with E-state index in [4.69, 9.17) is 0 Å². The van der Waals surface area contributed by atoms with Crippen molar-refractivity contribution in [2.45, 2.75) is 5.60 Å². The first-order chi connectivity index (χ1) is 12.2. The fraction of sp³-hybridized carbons (Fsp3) is 0.111. The standard InChI is InChI=1S/C18H14N2O2S3/c21-17(12-3-4-14-15(8-12)25-11-20-14)19-10-18(22,13-5-7-23-9-13)16-2-1-6-24-16/h1-9,11,22H,10H2,(H,19,21). The van der Waals surface area contributed by atoms with E-state index >= 15 is 0 Å². The maximum absolute atomic E-state index is 12.6. The minimum atomic E-state index is -1.22. The Kier molecular flexibility index (Phi) is 4.39. The number of aromatic nitrogens is 1. The van der Waals surface area contributed by atoms with Crippen molar-refractivity contribution in [3.05, 3.63) is 74.1 Å². The molecule has 25 heavy (non-hydrogen) atoms. The molecule has 3 aromatic heterocycles. The number of thiazole rings is 1. The summed E-state index contributed by atoms with van der Waals surface area (Å²) >= 11 is 4.50. The predicted octanol–water partition coefficient (Wildman–Crippen LogP) is 4.09. The summed E-state index contributed by atoms with van der Waals surface area (Å²) in [5.41, 5.74) is 2.78. The third kappa shape index (κ3) is 3.11. The molecule has 0 saturated heterocycles. The van der Waals surface area contributed by atoms with Gasteiger partial charge < -0.3 is 10.4 Å². The summed E-state index contributed by atoms with van der Waals surface area (Å²) in [5, 5.41) is 19.9. The molecule has 0 fully saturated rings. The summed E-state index contributed by atoms with van der Waals surface area (Å²) in [6.45, 7) is 0.115. The number of carbonyl (C=O) groups excluding carboxylic acids is 1. The van der Waals surface area contributed by atoms with Gasteiger partial charge in [-0.05, 0) is 46.5 Å². The van der Waals surface area contributed by atoms with Crippen LogP contribution >= 0.6 is 34.0 Å². The van der Waals surface area contributed by atoms with Crippen LogP contribution in [0.5, 0.6) is 0 Å². The molecule has 4 rings (SSSR count). The highest BCUT2D eigenvalue weighted by Gasteiger charge is 2.33. The number of fused-ring (bicyclic) bond motifs is 1. The van der Waals surface area contributed by atoms with Crippen molar-refractivity contribution >= 4 is 50.1 Å². The van der Waals surface area contributed by atoms with Crippen molar-refractivity contribution < 1.29 is 9.90 Å². The summed E-state index contributed by atoms with van der Waals surface area (Å²) in [4.78, 5) is 17.6. The van der Waals surface area contributed by atoms with E-state index in [-0.39, 0.29) is 12.5 Å². The monoisotopic (exact) mass is 386 g/mol. The number of aliphatic hydroxyl groups is 1. The van der Waals surface area contributed by atoms with Crippen molar-refractivity contribution in [3.63, 3.8) is 0 Å². The van der Waals surface area contributed by atoms with E-state index in [2.05, 4.69) is 10.3 Å². The van der Waals surface area contributed by atoms with E-state index in [1.807, 2.05) is 46.5 Å². The van der Waals surface area contributed by atoms with Crippen molar-refractivity contribution in [3.8, 4) is 0 Å². The van der Waals surface area contributed by atoms with Crippen LogP contribution in [-0.4, -0.2) is 22.5 Å². The van der Waals surface area contributed by atoms with Crippen LogP contribution in [0.25, 0.3) is 10.2 Å². The van der Waals surface area contributed by atoms with Gasteiger partial charge >= 0.3 is 0 Å². The van der Waals surface area contributed by atoms with E-state index in [1.165, 1.54) is 34.0 Å². The van der Waals surface area contributed by atoms with Crippen LogP contribution in [0, 0.1) is 0 Å². The number of amides is 1. The molecule has 2 N–H and O–H groups in total. The van der Waals surface area contributed by atoms with Gasteiger partial charge in [0.1, 0.15) is 5.60 Å². The molecule has 0 aliphatic rings. The first kappa shape index (κ1) is 16.4. The lowest BCUT2D eigenvalue weighted by Gasteiger charge is -2.27. The number of rotatable bonds is 5. The first-order valence-corrected chi connectivity index (χ1v) is 10.3. The fourth-order valence-corrected chi connectivity index (χ4v) is 4.94. The highest BCUT2D eigenvalue weighted by Crippen LogP contribution is 2.33. The molecule has 7 heteroatoms. The van der Waals surface area contributed by atoms with Gasteiger partial charge in [0.2, 0.25) is 0 Å². The summed E-state index contributed by atoms with van der Waals surface area (Å²) in [7, 11) is 0. The second-order valence-electron chi connectivity index (χ2n) is 5.57. The lowest BCUT2D eigenvalue weighted by atomic mass is 9.94. The number of carbonyl (C=O) groups is 1. The fourth-order valence-electron chi connectivity index (χ4n) is 2.65. The molecule has 1 unspecified atom stereocenters. The molecule has 4 nitrogen and oxygen atoms in total. The van der Waals surface area contributed by atoms with Gasteiger partial charge in [0.15, 0.2) is 0 Å². The molecular formula is C18H14N2O2S3. The molecule has 126 valence electrons. The molecule has 0 spiro atoms. The molecule has 4 aromatic rings. The molecule has 0 aliphatic carbocycles. The summed E-state index contributed by atoms with van der Waals surface area (Å²) in [6.07, 6.45) is 0. The molecule has 1 amide bonds. The average Bonchev–Trinajstić information content (AvgIpc) is 3.40. The Morgan fingerprint density at radius 2 is 2.12 bits per heavy atom. The number of thiophene rings is 2. The van der Waals surface area contributed by atoms with Crippen molar-refractivity contribution in [2.75, 3.05) is 6.54 Å². The number of nitrogens with one attached hydrogen (secondary N) is 1. The molecule has 1 aromatic carbocycles. The normalized spacial score (nSPS) is 13.6. The lowest BCUT2D eigenvalue weighted by molar-refractivity contribution is 0.0721. The van der Waals surface area contributed by atoms with Crippen LogP contribution in [0.2, 0.25) is 0 Å². The van der Waals surface area contributed by atoms with E-state index in [1.54, 1.807) is 11.6 Å². The molecule has 1 atom stereocenters. The largest absolute Gasteiger partial charge is 0.378 e. The topological polar surface area (TPSA) is 62.2 Å². The average molecular weight is 387 g/mol. The van der Waals surface area contributed by atoms with Gasteiger partial charge in [0, 0.05) is 16.0 Å². The highest BCUT2D eigenvalue weighted by atomic mass is 32.1. The Morgan fingerprint density at radius 3 is 2.88 bits per heavy atom. The number of benzene rings is 1. The van der Waals surface area contributed by atoms with Gasteiger partial charge in [-0.25, -0.2) is 4.98 Å². The number of nitrogens with zero attached hydrogens (tertiary/aromatic N) is 1. The zero-order chi connectivity index (χ0) is 17.3. The summed E-state index contributed by atoms with van der Waals surface area (Å²) in [6, 6.07) is 11.1. The lowest BCUT2D eigenvalue weighted by Crippen LogP contribution is -2.40. The van der Waals surface area contributed by atoms with Crippen LogP contribution in [0.3, 0.4) is 0 Å². The Balaban J connectivity index is 1.58.